The Balaban J connectivity index is 2.18. The van der Waals surface area contributed by atoms with Gasteiger partial charge >= 0.3 is 6.09 Å². The molecule has 19 heavy (non-hydrogen) atoms. The topological polar surface area (TPSA) is 90.1 Å². The minimum atomic E-state index is -0.773. The van der Waals surface area contributed by atoms with Crippen LogP contribution in [0.15, 0.2) is 29.1 Å². The Hall–Kier alpha value is -2.08. The maximum Gasteiger partial charge on any atom is 0.437 e. The predicted molar refractivity (Wildman–Crippen MR) is 71.9 cm³/mol. The molecule has 3 N–H and O–H groups in total. The Morgan fingerprint density at radius 1 is 1.47 bits per heavy atom. The largest absolute Gasteiger partial charge is 0.437 e. The van der Waals surface area contributed by atoms with Crippen LogP contribution in [-0.4, -0.2) is 22.1 Å². The molecule has 0 spiro atoms. The van der Waals surface area contributed by atoms with Gasteiger partial charge in [-0.3, -0.25) is 15.6 Å². The van der Waals surface area contributed by atoms with E-state index >= 15 is 0 Å². The number of H-pyrrole nitrogens is 1. The quantitative estimate of drug-likeness (QED) is 0.823. The molecule has 0 aliphatic heterocycles. The van der Waals surface area contributed by atoms with Gasteiger partial charge in [0.1, 0.15) is 0 Å². The molecule has 1 heterocycles. The van der Waals surface area contributed by atoms with E-state index in [2.05, 4.69) is 5.10 Å². The number of unbranched alkanes of at least 4 members (excludes halogenated alkanes) is 1. The van der Waals surface area contributed by atoms with Gasteiger partial charge in [-0.25, -0.2) is 4.79 Å². The normalized spacial score (nSPS) is 12.5. The summed E-state index contributed by atoms with van der Waals surface area (Å²) >= 11 is 0. The third-order valence-corrected chi connectivity index (χ3v) is 2.87. The molecule has 1 unspecified atom stereocenters. The van der Waals surface area contributed by atoms with Gasteiger partial charge in [-0.05, 0) is 25.0 Å². The minimum Gasteiger partial charge on any atom is -0.429 e. The summed E-state index contributed by atoms with van der Waals surface area (Å²) in [6, 6.07) is 6.88. The molecule has 0 bridgehead atoms. The molecular formula is C13H17N3O3. The summed E-state index contributed by atoms with van der Waals surface area (Å²) < 4.78 is 5.86. The lowest BCUT2D eigenvalue weighted by Gasteiger charge is -2.11. The number of aromatic nitrogens is 2. The van der Waals surface area contributed by atoms with E-state index in [4.69, 9.17) is 10.5 Å². The number of fused-ring (bicyclic) bond motifs is 1. The SMILES string of the molecule is CCCCC(N)OC(=O)n1[nH]c2ccccc2c1=O. The second-order valence-electron chi connectivity index (χ2n) is 4.36. The maximum atomic E-state index is 12.0. The van der Waals surface area contributed by atoms with E-state index in [9.17, 15) is 9.59 Å². The summed E-state index contributed by atoms with van der Waals surface area (Å²) in [4.78, 5) is 23.8. The molecule has 0 amide bonds. The van der Waals surface area contributed by atoms with Gasteiger partial charge in [-0.1, -0.05) is 25.5 Å². The zero-order valence-electron chi connectivity index (χ0n) is 10.8. The van der Waals surface area contributed by atoms with Gasteiger partial charge in [0.05, 0.1) is 10.9 Å². The van der Waals surface area contributed by atoms with E-state index in [0.29, 0.717) is 17.3 Å². The zero-order chi connectivity index (χ0) is 13.8. The molecule has 2 aromatic rings. The van der Waals surface area contributed by atoms with Crippen LogP contribution in [0.3, 0.4) is 0 Å². The van der Waals surface area contributed by atoms with Crippen LogP contribution >= 0.6 is 0 Å². The van der Waals surface area contributed by atoms with Crippen LogP contribution < -0.4 is 11.3 Å². The minimum absolute atomic E-state index is 0.428. The molecule has 0 saturated carbocycles. The number of carbonyl (C=O) groups is 1. The number of benzene rings is 1. The summed E-state index contributed by atoms with van der Waals surface area (Å²) in [5.74, 6) is 0. The Bertz CT molecular complexity index is 629. The van der Waals surface area contributed by atoms with Crippen molar-refractivity contribution >= 4 is 17.0 Å². The highest BCUT2D eigenvalue weighted by atomic mass is 16.6. The number of ether oxygens (including phenoxy) is 1. The van der Waals surface area contributed by atoms with Crippen molar-refractivity contribution in [1.82, 2.24) is 9.78 Å². The van der Waals surface area contributed by atoms with Gasteiger partial charge in [0.2, 0.25) is 0 Å². The van der Waals surface area contributed by atoms with Crippen molar-refractivity contribution in [1.29, 1.82) is 0 Å². The molecule has 102 valence electrons. The first-order valence-electron chi connectivity index (χ1n) is 6.29. The average Bonchev–Trinajstić information content (AvgIpc) is 2.74. The standard InChI is InChI=1S/C13H17N3O3/c1-2-3-8-11(14)19-13(18)16-12(17)9-6-4-5-7-10(9)15-16/h4-7,11,15H,2-3,8,14H2,1H3. The molecular weight excluding hydrogens is 246 g/mol. The summed E-state index contributed by atoms with van der Waals surface area (Å²) in [7, 11) is 0. The second-order valence-corrected chi connectivity index (χ2v) is 4.36. The monoisotopic (exact) mass is 263 g/mol. The lowest BCUT2D eigenvalue weighted by Crippen LogP contribution is -2.33. The molecule has 2 rings (SSSR count). The van der Waals surface area contributed by atoms with Crippen LogP contribution in [0.4, 0.5) is 4.79 Å². The lowest BCUT2D eigenvalue weighted by atomic mass is 10.2. The highest BCUT2D eigenvalue weighted by molar-refractivity contribution is 5.82. The number of para-hydroxylation sites is 1. The van der Waals surface area contributed by atoms with Crippen molar-refractivity contribution in [2.24, 2.45) is 5.73 Å². The molecule has 6 nitrogen and oxygen atoms in total. The molecule has 1 aromatic carbocycles. The van der Waals surface area contributed by atoms with Crippen molar-refractivity contribution < 1.29 is 9.53 Å². The molecule has 1 aromatic heterocycles. The van der Waals surface area contributed by atoms with Gasteiger partial charge in [-0.15, -0.1) is 4.68 Å². The molecule has 0 aliphatic rings. The fourth-order valence-electron chi connectivity index (χ4n) is 1.83. The summed E-state index contributed by atoms with van der Waals surface area (Å²) in [5.41, 5.74) is 5.83. The molecule has 6 heteroatoms. The van der Waals surface area contributed by atoms with Gasteiger partial charge in [0.15, 0.2) is 6.23 Å². The first kappa shape index (κ1) is 13.4. The first-order valence-corrected chi connectivity index (χ1v) is 6.29. The van der Waals surface area contributed by atoms with Gasteiger partial charge in [-0.2, -0.15) is 0 Å². The zero-order valence-corrected chi connectivity index (χ0v) is 10.8. The molecule has 0 radical (unpaired) electrons. The fourth-order valence-corrected chi connectivity index (χ4v) is 1.83. The third-order valence-electron chi connectivity index (χ3n) is 2.87. The average molecular weight is 263 g/mol. The molecule has 0 saturated heterocycles. The third kappa shape index (κ3) is 2.85. The van der Waals surface area contributed by atoms with Crippen LogP contribution in [0.2, 0.25) is 0 Å². The molecule has 1 atom stereocenters. The van der Waals surface area contributed by atoms with E-state index in [1.807, 2.05) is 6.92 Å². The van der Waals surface area contributed by atoms with Crippen LogP contribution in [0.5, 0.6) is 0 Å². The van der Waals surface area contributed by atoms with Crippen LogP contribution in [0, 0.1) is 0 Å². The number of rotatable bonds is 4. The number of nitrogens with two attached hydrogens (primary N) is 1. The summed E-state index contributed by atoms with van der Waals surface area (Å²) in [6.07, 6.45) is 0.959. The van der Waals surface area contributed by atoms with Crippen molar-refractivity contribution in [3.8, 4) is 0 Å². The van der Waals surface area contributed by atoms with Gasteiger partial charge < -0.3 is 4.74 Å². The maximum absolute atomic E-state index is 12.0. The molecule has 0 aliphatic carbocycles. The fraction of sp³-hybridized carbons (Fsp3) is 0.385. The van der Waals surface area contributed by atoms with Crippen LogP contribution in [0.25, 0.3) is 10.9 Å². The van der Waals surface area contributed by atoms with Crippen molar-refractivity contribution in [3.05, 3.63) is 34.6 Å². The first-order chi connectivity index (χ1) is 9.13. The number of hydrogen-bond acceptors (Lipinski definition) is 4. The van der Waals surface area contributed by atoms with Crippen LogP contribution in [0.1, 0.15) is 26.2 Å². The Labute approximate surface area is 110 Å². The number of nitrogens with zero attached hydrogens (tertiary/aromatic N) is 1. The number of nitrogens with one attached hydrogen (secondary N) is 1. The van der Waals surface area contributed by atoms with Crippen LogP contribution in [-0.2, 0) is 4.74 Å². The van der Waals surface area contributed by atoms with E-state index in [1.165, 1.54) is 0 Å². The van der Waals surface area contributed by atoms with E-state index in [-0.39, 0.29) is 0 Å². The lowest BCUT2D eigenvalue weighted by molar-refractivity contribution is 0.0927. The molecule has 0 fully saturated rings. The summed E-state index contributed by atoms with van der Waals surface area (Å²) in [5, 5.41) is 3.15. The number of aromatic amines is 1. The van der Waals surface area contributed by atoms with E-state index < -0.39 is 17.9 Å². The Kier molecular flexibility index (Phi) is 4.01. The second kappa shape index (κ2) is 5.71. The Morgan fingerprint density at radius 2 is 2.21 bits per heavy atom. The predicted octanol–water partition coefficient (Wildman–Crippen LogP) is 1.79. The highest BCUT2D eigenvalue weighted by Gasteiger charge is 2.16. The van der Waals surface area contributed by atoms with Crippen molar-refractivity contribution in [3.63, 3.8) is 0 Å². The van der Waals surface area contributed by atoms with Crippen molar-refractivity contribution in [2.45, 2.75) is 32.4 Å². The highest BCUT2D eigenvalue weighted by Crippen LogP contribution is 2.07. The number of hydrogen-bond donors (Lipinski definition) is 2. The smallest absolute Gasteiger partial charge is 0.429 e. The number of carbonyl (C=O) groups excluding carboxylic acids is 1. The Morgan fingerprint density at radius 3 is 2.89 bits per heavy atom. The summed E-state index contributed by atoms with van der Waals surface area (Å²) in [6.45, 7) is 2.02. The van der Waals surface area contributed by atoms with E-state index in [0.717, 1.165) is 17.5 Å². The van der Waals surface area contributed by atoms with Gasteiger partial charge in [0.25, 0.3) is 5.56 Å². The van der Waals surface area contributed by atoms with Crippen molar-refractivity contribution in [2.75, 3.05) is 0 Å². The van der Waals surface area contributed by atoms with Gasteiger partial charge in [0, 0.05) is 0 Å². The van der Waals surface area contributed by atoms with E-state index in [1.54, 1.807) is 24.3 Å².